The van der Waals surface area contributed by atoms with Crippen LogP contribution in [0.5, 0.6) is 0 Å². The normalized spacial score (nSPS) is 11.2. The predicted molar refractivity (Wildman–Crippen MR) is 237 cm³/mol. The number of anilines is 3. The van der Waals surface area contributed by atoms with E-state index in [0.29, 0.717) is 0 Å². The molecule has 0 saturated heterocycles. The Bertz CT molecular complexity index is 2930. The van der Waals surface area contributed by atoms with Crippen LogP contribution in [0.25, 0.3) is 72.0 Å². The number of nitrogens with zero attached hydrogens (tertiary/aromatic N) is 2. The maximum absolute atomic E-state index is 2.45. The molecule has 0 spiro atoms. The van der Waals surface area contributed by atoms with Crippen LogP contribution in [0.1, 0.15) is 0 Å². The van der Waals surface area contributed by atoms with Crippen LogP contribution >= 0.6 is 0 Å². The lowest BCUT2D eigenvalue weighted by Crippen LogP contribution is -2.12. The molecule has 0 bridgehead atoms. The van der Waals surface area contributed by atoms with Gasteiger partial charge in [-0.1, -0.05) is 182 Å². The molecule has 0 amide bonds. The number of hydrogen-bond donors (Lipinski definition) is 0. The third-order valence-electron chi connectivity index (χ3n) is 10.8. The zero-order valence-electron chi connectivity index (χ0n) is 30.8. The second kappa shape index (κ2) is 14.4. The van der Waals surface area contributed by atoms with E-state index in [9.17, 15) is 0 Å². The van der Waals surface area contributed by atoms with Gasteiger partial charge in [0.25, 0.3) is 0 Å². The summed E-state index contributed by atoms with van der Waals surface area (Å²) >= 11 is 0. The molecule has 1 aromatic heterocycles. The SMILES string of the molecule is c1ccc(-c2ccc(-c3ccccc3-n3c4ccccc4c4c(N(c5ccccc5)c5ccc(-c6ccccc6)cc5-c5ccccc5)cccc43)cc2)cc1. The minimum Gasteiger partial charge on any atom is -0.309 e. The van der Waals surface area contributed by atoms with Crippen molar-refractivity contribution in [3.05, 3.63) is 231 Å². The quantitative estimate of drug-likeness (QED) is 0.152. The van der Waals surface area contributed by atoms with Gasteiger partial charge in [-0.2, -0.15) is 0 Å². The van der Waals surface area contributed by atoms with Crippen LogP contribution in [-0.4, -0.2) is 4.57 Å². The molecule has 264 valence electrons. The van der Waals surface area contributed by atoms with Crippen molar-refractivity contribution in [2.45, 2.75) is 0 Å². The highest BCUT2D eigenvalue weighted by atomic mass is 15.2. The topological polar surface area (TPSA) is 8.17 Å². The minimum atomic E-state index is 1.10. The maximum Gasteiger partial charge on any atom is 0.0562 e. The molecule has 0 N–H and O–H groups in total. The first-order valence-electron chi connectivity index (χ1n) is 19.2. The summed E-state index contributed by atoms with van der Waals surface area (Å²) < 4.78 is 2.45. The van der Waals surface area contributed by atoms with Gasteiger partial charge in [0, 0.05) is 27.6 Å². The van der Waals surface area contributed by atoms with E-state index in [4.69, 9.17) is 0 Å². The summed E-state index contributed by atoms with van der Waals surface area (Å²) in [5, 5.41) is 2.41. The van der Waals surface area contributed by atoms with Crippen molar-refractivity contribution >= 4 is 38.9 Å². The van der Waals surface area contributed by atoms with Gasteiger partial charge in [-0.15, -0.1) is 0 Å². The first-order valence-corrected chi connectivity index (χ1v) is 19.2. The lowest BCUT2D eigenvalue weighted by Gasteiger charge is -2.29. The molecule has 9 aromatic carbocycles. The van der Waals surface area contributed by atoms with Crippen LogP contribution in [-0.2, 0) is 0 Å². The van der Waals surface area contributed by atoms with Gasteiger partial charge in [-0.3, -0.25) is 0 Å². The van der Waals surface area contributed by atoms with Crippen molar-refractivity contribution in [3.63, 3.8) is 0 Å². The largest absolute Gasteiger partial charge is 0.309 e. The molecule has 10 aromatic rings. The highest BCUT2D eigenvalue weighted by Crippen LogP contribution is 2.47. The number of hydrogen-bond acceptors (Lipinski definition) is 1. The van der Waals surface area contributed by atoms with E-state index in [1.165, 1.54) is 60.8 Å². The number of fused-ring (bicyclic) bond motifs is 3. The van der Waals surface area contributed by atoms with Gasteiger partial charge in [-0.25, -0.2) is 0 Å². The number of benzene rings is 9. The van der Waals surface area contributed by atoms with Crippen molar-refractivity contribution in [2.24, 2.45) is 0 Å². The first kappa shape index (κ1) is 33.2. The Morgan fingerprint density at radius 2 is 0.804 bits per heavy atom. The van der Waals surface area contributed by atoms with Gasteiger partial charge in [0.15, 0.2) is 0 Å². The maximum atomic E-state index is 2.45. The molecular formula is C54H38N2. The lowest BCUT2D eigenvalue weighted by molar-refractivity contribution is 1.18. The number of aromatic nitrogens is 1. The van der Waals surface area contributed by atoms with Gasteiger partial charge in [0.05, 0.1) is 28.1 Å². The van der Waals surface area contributed by atoms with E-state index in [1.54, 1.807) is 0 Å². The Kier molecular flexibility index (Phi) is 8.55. The molecule has 0 radical (unpaired) electrons. The summed E-state index contributed by atoms with van der Waals surface area (Å²) in [7, 11) is 0. The summed E-state index contributed by atoms with van der Waals surface area (Å²) in [6.45, 7) is 0. The van der Waals surface area contributed by atoms with Gasteiger partial charge in [-0.05, 0) is 81.9 Å². The molecule has 0 aliphatic carbocycles. The zero-order valence-corrected chi connectivity index (χ0v) is 30.8. The summed E-state index contributed by atoms with van der Waals surface area (Å²) in [6.07, 6.45) is 0. The van der Waals surface area contributed by atoms with Gasteiger partial charge < -0.3 is 9.47 Å². The summed E-state index contributed by atoms with van der Waals surface area (Å²) in [4.78, 5) is 2.45. The molecule has 2 nitrogen and oxygen atoms in total. The molecule has 0 fully saturated rings. The Morgan fingerprint density at radius 1 is 0.304 bits per heavy atom. The zero-order chi connectivity index (χ0) is 37.3. The van der Waals surface area contributed by atoms with Crippen molar-refractivity contribution < 1.29 is 0 Å². The van der Waals surface area contributed by atoms with E-state index < -0.39 is 0 Å². The average Bonchev–Trinajstić information content (AvgIpc) is 3.63. The molecule has 1 heterocycles. The van der Waals surface area contributed by atoms with E-state index in [1.807, 2.05) is 0 Å². The Balaban J connectivity index is 1.20. The summed E-state index contributed by atoms with van der Waals surface area (Å²) in [5.41, 5.74) is 16.3. The van der Waals surface area contributed by atoms with Crippen LogP contribution in [0.2, 0.25) is 0 Å². The Hall–Kier alpha value is -7.42. The van der Waals surface area contributed by atoms with Crippen molar-refractivity contribution in [1.82, 2.24) is 4.57 Å². The molecule has 56 heavy (non-hydrogen) atoms. The number of para-hydroxylation sites is 3. The Morgan fingerprint density at radius 3 is 1.52 bits per heavy atom. The highest BCUT2D eigenvalue weighted by molar-refractivity contribution is 6.17. The Labute approximate surface area is 327 Å². The molecular weight excluding hydrogens is 677 g/mol. The molecule has 0 unspecified atom stereocenters. The molecule has 0 atom stereocenters. The van der Waals surface area contributed by atoms with Crippen molar-refractivity contribution in [1.29, 1.82) is 0 Å². The van der Waals surface area contributed by atoms with Crippen molar-refractivity contribution in [3.8, 4) is 50.2 Å². The standard InChI is InChI=1S/C54H38N2/c1-5-18-39(19-6-1)41-32-34-43(35-33-41)46-26-13-15-28-49(46)56-50-29-16-14-27-47(50)54-52(30-17-31-53(54)56)55(45-24-11-4-12-25-45)51-37-36-44(40-20-7-2-8-21-40)38-48(51)42-22-9-3-10-23-42/h1-38H. The van der Waals surface area contributed by atoms with Crippen LogP contribution in [0.3, 0.4) is 0 Å². The molecule has 2 heteroatoms. The van der Waals surface area contributed by atoms with E-state index in [0.717, 1.165) is 28.3 Å². The molecule has 0 aliphatic heterocycles. The first-order chi connectivity index (χ1) is 27.8. The second-order valence-electron chi connectivity index (χ2n) is 14.1. The fraction of sp³-hybridized carbons (Fsp3) is 0. The predicted octanol–water partition coefficient (Wildman–Crippen LogP) is 14.9. The molecule has 0 saturated carbocycles. The van der Waals surface area contributed by atoms with Gasteiger partial charge in [0.1, 0.15) is 0 Å². The van der Waals surface area contributed by atoms with Crippen LogP contribution in [0, 0.1) is 0 Å². The average molecular weight is 715 g/mol. The summed E-state index contributed by atoms with van der Waals surface area (Å²) in [6, 6.07) is 83.1. The van der Waals surface area contributed by atoms with E-state index >= 15 is 0 Å². The molecule has 0 aliphatic rings. The van der Waals surface area contributed by atoms with E-state index in [2.05, 4.69) is 240 Å². The van der Waals surface area contributed by atoms with Crippen LogP contribution in [0.4, 0.5) is 17.1 Å². The fourth-order valence-electron chi connectivity index (χ4n) is 8.21. The van der Waals surface area contributed by atoms with Gasteiger partial charge in [0.2, 0.25) is 0 Å². The monoisotopic (exact) mass is 714 g/mol. The van der Waals surface area contributed by atoms with Crippen LogP contribution in [0.15, 0.2) is 231 Å². The number of rotatable bonds is 8. The van der Waals surface area contributed by atoms with Crippen molar-refractivity contribution in [2.75, 3.05) is 4.90 Å². The molecule has 10 rings (SSSR count). The second-order valence-corrected chi connectivity index (χ2v) is 14.1. The third kappa shape index (κ3) is 5.95. The highest BCUT2D eigenvalue weighted by Gasteiger charge is 2.24. The van der Waals surface area contributed by atoms with Gasteiger partial charge >= 0.3 is 0 Å². The van der Waals surface area contributed by atoms with E-state index in [-0.39, 0.29) is 0 Å². The third-order valence-corrected chi connectivity index (χ3v) is 10.8. The lowest BCUT2D eigenvalue weighted by atomic mass is 9.96. The van der Waals surface area contributed by atoms with Crippen LogP contribution < -0.4 is 4.90 Å². The minimum absolute atomic E-state index is 1.10. The smallest absolute Gasteiger partial charge is 0.0562 e. The summed E-state index contributed by atoms with van der Waals surface area (Å²) in [5.74, 6) is 0. The fourth-order valence-corrected chi connectivity index (χ4v) is 8.21.